The van der Waals surface area contributed by atoms with Gasteiger partial charge in [-0.1, -0.05) is 49.2 Å². The Hall–Kier alpha value is -3.54. The lowest BCUT2D eigenvalue weighted by Crippen LogP contribution is -2.50. The van der Waals surface area contributed by atoms with Gasteiger partial charge >= 0.3 is 0 Å². The average molecular weight is 469 g/mol. The number of nitrogens with zero attached hydrogens (tertiary/aromatic N) is 1. The van der Waals surface area contributed by atoms with Crippen molar-refractivity contribution < 1.29 is 9.59 Å². The van der Waals surface area contributed by atoms with Crippen molar-refractivity contribution in [1.29, 1.82) is 0 Å². The van der Waals surface area contributed by atoms with Crippen LogP contribution >= 0.6 is 0 Å². The highest BCUT2D eigenvalue weighted by atomic mass is 16.2. The Bertz CT molecular complexity index is 1190. The first-order valence-corrected chi connectivity index (χ1v) is 12.9. The molecule has 2 amide bonds. The SMILES string of the molecule is O=C(N[C@@H]1CCCC[C@@H]1C(=O)N1CC[C@@H]2[C@H](c3ccc[nH]3)Nc3ccccc3[C@@H]21)c1ccccc1. The van der Waals surface area contributed by atoms with Crippen LogP contribution in [0, 0.1) is 11.8 Å². The standard InChI is InChI=1S/C29H32N4O2/c34-28(19-9-2-1-3-10-19)32-24-14-7-5-12-21(24)29(35)33-18-16-22-26(25-15-8-17-30-25)31-23-13-6-4-11-20(23)27(22)33/h1-4,6,8-11,13,15,17,21-22,24,26-27,30-31H,5,7,12,14,16,18H2,(H,32,34)/t21-,22+,24+,26+,27-/m0/s1. The summed E-state index contributed by atoms with van der Waals surface area (Å²) in [5.74, 6) is 0.223. The Morgan fingerprint density at radius 3 is 2.51 bits per heavy atom. The third-order valence-corrected chi connectivity index (χ3v) is 8.14. The predicted octanol–water partition coefficient (Wildman–Crippen LogP) is 5.06. The van der Waals surface area contributed by atoms with Gasteiger partial charge in [-0.25, -0.2) is 0 Å². The molecule has 0 unspecified atom stereocenters. The van der Waals surface area contributed by atoms with Gasteiger partial charge in [0.2, 0.25) is 5.91 Å². The van der Waals surface area contributed by atoms with Crippen molar-refractivity contribution in [3.05, 3.63) is 89.7 Å². The monoisotopic (exact) mass is 468 g/mol. The number of H-pyrrole nitrogens is 1. The van der Waals surface area contributed by atoms with Crippen LogP contribution in [0.4, 0.5) is 5.69 Å². The lowest BCUT2D eigenvalue weighted by Gasteiger charge is -2.41. The van der Waals surface area contributed by atoms with Gasteiger partial charge in [-0.3, -0.25) is 9.59 Å². The van der Waals surface area contributed by atoms with Crippen molar-refractivity contribution in [3.63, 3.8) is 0 Å². The Labute approximate surface area is 206 Å². The Morgan fingerprint density at radius 2 is 1.69 bits per heavy atom. The Kier molecular flexibility index (Phi) is 5.80. The number of aromatic nitrogens is 1. The largest absolute Gasteiger partial charge is 0.376 e. The number of hydrogen-bond donors (Lipinski definition) is 3. The minimum atomic E-state index is -0.179. The Morgan fingerprint density at radius 1 is 0.886 bits per heavy atom. The summed E-state index contributed by atoms with van der Waals surface area (Å²) in [7, 11) is 0. The van der Waals surface area contributed by atoms with Gasteiger partial charge in [0.05, 0.1) is 18.0 Å². The highest BCUT2D eigenvalue weighted by molar-refractivity contribution is 5.94. The molecule has 3 aromatic rings. The van der Waals surface area contributed by atoms with Gasteiger partial charge in [-0.05, 0) is 55.2 Å². The van der Waals surface area contributed by atoms with E-state index in [-0.39, 0.29) is 35.9 Å². The second-order valence-electron chi connectivity index (χ2n) is 10.1. The zero-order valence-electron chi connectivity index (χ0n) is 19.8. The van der Waals surface area contributed by atoms with Crippen LogP contribution in [0.5, 0.6) is 0 Å². The van der Waals surface area contributed by atoms with Gasteiger partial charge in [0.25, 0.3) is 5.91 Å². The summed E-state index contributed by atoms with van der Waals surface area (Å²) in [4.78, 5) is 32.6. The van der Waals surface area contributed by atoms with Crippen molar-refractivity contribution in [2.24, 2.45) is 11.8 Å². The van der Waals surface area contributed by atoms with E-state index in [2.05, 4.69) is 50.8 Å². The van der Waals surface area contributed by atoms with Crippen LogP contribution in [0.15, 0.2) is 72.9 Å². The number of likely N-dealkylation sites (tertiary alicyclic amines) is 1. The number of benzene rings is 2. The van der Waals surface area contributed by atoms with Gasteiger partial charge in [0.15, 0.2) is 0 Å². The van der Waals surface area contributed by atoms with Crippen LogP contribution in [0.1, 0.15) is 65.8 Å². The van der Waals surface area contributed by atoms with E-state index in [4.69, 9.17) is 0 Å². The molecule has 6 rings (SSSR count). The summed E-state index contributed by atoms with van der Waals surface area (Å²) < 4.78 is 0. The van der Waals surface area contributed by atoms with Crippen molar-refractivity contribution in [3.8, 4) is 0 Å². The predicted molar refractivity (Wildman–Crippen MR) is 136 cm³/mol. The lowest BCUT2D eigenvalue weighted by molar-refractivity contribution is -0.138. The number of carbonyl (C=O) groups is 2. The summed E-state index contributed by atoms with van der Waals surface area (Å²) in [6.07, 6.45) is 6.66. The minimum absolute atomic E-state index is 0.0423. The molecule has 2 aliphatic heterocycles. The van der Waals surface area contributed by atoms with Crippen molar-refractivity contribution in [2.45, 2.75) is 50.2 Å². The first-order valence-electron chi connectivity index (χ1n) is 12.9. The molecule has 3 aliphatic rings. The number of hydrogen-bond acceptors (Lipinski definition) is 3. The minimum Gasteiger partial charge on any atom is -0.376 e. The van der Waals surface area contributed by atoms with E-state index in [1.165, 1.54) is 5.56 Å². The summed E-state index contributed by atoms with van der Waals surface area (Å²) in [5, 5.41) is 6.94. The molecule has 6 nitrogen and oxygen atoms in total. The summed E-state index contributed by atoms with van der Waals surface area (Å²) >= 11 is 0. The van der Waals surface area contributed by atoms with Gasteiger partial charge in [-0.15, -0.1) is 0 Å². The van der Waals surface area contributed by atoms with Gasteiger partial charge in [0.1, 0.15) is 0 Å². The third-order valence-electron chi connectivity index (χ3n) is 8.14. The normalized spacial score (nSPS) is 27.4. The maximum absolute atomic E-state index is 14.1. The summed E-state index contributed by atoms with van der Waals surface area (Å²) in [6, 6.07) is 21.9. The van der Waals surface area contributed by atoms with Crippen LogP contribution in [0.2, 0.25) is 0 Å². The molecule has 3 heterocycles. The van der Waals surface area contributed by atoms with Crippen molar-refractivity contribution in [1.82, 2.24) is 15.2 Å². The first kappa shape index (κ1) is 22.0. The van der Waals surface area contributed by atoms with Crippen molar-refractivity contribution in [2.75, 3.05) is 11.9 Å². The van der Waals surface area contributed by atoms with Crippen molar-refractivity contribution >= 4 is 17.5 Å². The summed E-state index contributed by atoms with van der Waals surface area (Å²) in [5.41, 5.74) is 4.11. The number of carbonyl (C=O) groups excluding carboxylic acids is 2. The second-order valence-corrected chi connectivity index (χ2v) is 10.1. The number of amides is 2. The van der Waals surface area contributed by atoms with Gasteiger partial charge in [-0.2, -0.15) is 0 Å². The number of para-hydroxylation sites is 1. The first-order chi connectivity index (χ1) is 17.2. The third kappa shape index (κ3) is 4.01. The molecule has 180 valence electrons. The molecular formula is C29H32N4O2. The molecule has 0 spiro atoms. The molecule has 2 fully saturated rings. The lowest BCUT2D eigenvalue weighted by atomic mass is 9.80. The average Bonchev–Trinajstić information content (AvgIpc) is 3.60. The van der Waals surface area contributed by atoms with E-state index < -0.39 is 0 Å². The van der Waals surface area contributed by atoms with Gasteiger partial charge < -0.3 is 20.5 Å². The molecule has 6 heteroatoms. The molecule has 0 radical (unpaired) electrons. The molecule has 3 N–H and O–H groups in total. The van der Waals surface area contributed by atoms with E-state index in [9.17, 15) is 9.59 Å². The highest BCUT2D eigenvalue weighted by Crippen LogP contribution is 2.51. The van der Waals surface area contributed by atoms with Crippen LogP contribution in [-0.2, 0) is 4.79 Å². The molecule has 0 bridgehead atoms. The van der Waals surface area contributed by atoms with Gasteiger partial charge in [0, 0.05) is 41.6 Å². The quantitative estimate of drug-likeness (QED) is 0.501. The Balaban J connectivity index is 1.27. The van der Waals surface area contributed by atoms with Crippen LogP contribution in [0.25, 0.3) is 0 Å². The van der Waals surface area contributed by atoms with E-state index in [1.54, 1.807) is 0 Å². The number of aromatic amines is 1. The molecule has 2 aromatic carbocycles. The summed E-state index contributed by atoms with van der Waals surface area (Å²) in [6.45, 7) is 0.747. The number of anilines is 1. The highest BCUT2D eigenvalue weighted by Gasteiger charge is 2.48. The molecule has 1 saturated carbocycles. The van der Waals surface area contributed by atoms with E-state index in [0.717, 1.165) is 50.0 Å². The molecule has 1 aromatic heterocycles. The molecule has 1 aliphatic carbocycles. The number of rotatable bonds is 4. The maximum Gasteiger partial charge on any atom is 0.251 e. The fraction of sp³-hybridized carbons (Fsp3) is 0.379. The molecule has 1 saturated heterocycles. The fourth-order valence-corrected chi connectivity index (χ4v) is 6.47. The zero-order chi connectivity index (χ0) is 23.8. The van der Waals surface area contributed by atoms with E-state index in [1.807, 2.05) is 42.6 Å². The molecular weight excluding hydrogens is 436 g/mol. The fourth-order valence-electron chi connectivity index (χ4n) is 6.47. The maximum atomic E-state index is 14.1. The van der Waals surface area contributed by atoms with E-state index in [0.29, 0.717) is 11.5 Å². The molecule has 5 atom stereocenters. The topological polar surface area (TPSA) is 77.2 Å². The molecule has 35 heavy (non-hydrogen) atoms. The van der Waals surface area contributed by atoms with E-state index >= 15 is 0 Å². The van der Waals surface area contributed by atoms with Crippen LogP contribution in [-0.4, -0.2) is 34.3 Å². The number of nitrogens with one attached hydrogen (secondary N) is 3. The van der Waals surface area contributed by atoms with Crippen LogP contribution in [0.3, 0.4) is 0 Å². The second kappa shape index (κ2) is 9.25. The smallest absolute Gasteiger partial charge is 0.251 e. The van der Waals surface area contributed by atoms with Crippen LogP contribution < -0.4 is 10.6 Å². The zero-order valence-corrected chi connectivity index (χ0v) is 19.8. The number of fused-ring (bicyclic) bond motifs is 3.